The maximum absolute atomic E-state index is 11.8. The monoisotopic (exact) mass is 274 g/mol. The third-order valence-electron chi connectivity index (χ3n) is 3.07. The minimum Gasteiger partial charge on any atom is -0.468 e. The van der Waals surface area contributed by atoms with Crippen LogP contribution in [0.15, 0.2) is 42.6 Å². The summed E-state index contributed by atoms with van der Waals surface area (Å²) in [5.41, 5.74) is 1.62. The molecule has 1 unspecified atom stereocenters. The Balaban J connectivity index is 2.20. The molecule has 1 N–H and O–H groups in total. The first-order chi connectivity index (χ1) is 9.61. The number of nitro groups is 1. The van der Waals surface area contributed by atoms with Crippen LogP contribution in [0.1, 0.15) is 17.2 Å². The molecule has 2 rings (SSSR count). The lowest BCUT2D eigenvalue weighted by Crippen LogP contribution is -2.17. The summed E-state index contributed by atoms with van der Waals surface area (Å²) in [5.74, 6) is -0.790. The van der Waals surface area contributed by atoms with Crippen LogP contribution in [0.25, 0.3) is 0 Å². The maximum Gasteiger partial charge on any atom is 0.315 e. The van der Waals surface area contributed by atoms with Gasteiger partial charge in [0.1, 0.15) is 5.92 Å². The summed E-state index contributed by atoms with van der Waals surface area (Å²) in [4.78, 5) is 25.0. The van der Waals surface area contributed by atoms with E-state index >= 15 is 0 Å². The SMILES string of the molecule is COC(=O)C(Cc1ccc([N+](=O)[O-])cc1)c1ccc[nH]1. The molecule has 0 bridgehead atoms. The number of ether oxygens (including phenoxy) is 1. The van der Waals surface area contributed by atoms with Gasteiger partial charge in [-0.2, -0.15) is 0 Å². The van der Waals surface area contributed by atoms with Crippen molar-refractivity contribution in [3.63, 3.8) is 0 Å². The van der Waals surface area contributed by atoms with Crippen LogP contribution >= 0.6 is 0 Å². The number of rotatable bonds is 5. The summed E-state index contributed by atoms with van der Waals surface area (Å²) in [6, 6.07) is 9.78. The van der Waals surface area contributed by atoms with Crippen LogP contribution in [0.2, 0.25) is 0 Å². The van der Waals surface area contributed by atoms with Crippen LogP contribution < -0.4 is 0 Å². The fraction of sp³-hybridized carbons (Fsp3) is 0.214. The zero-order valence-electron chi connectivity index (χ0n) is 10.9. The lowest BCUT2D eigenvalue weighted by atomic mass is 9.96. The van der Waals surface area contributed by atoms with Crippen LogP contribution in [-0.2, 0) is 16.0 Å². The molecule has 0 aliphatic carbocycles. The second-order valence-electron chi connectivity index (χ2n) is 4.33. The quantitative estimate of drug-likeness (QED) is 0.515. The van der Waals surface area contributed by atoms with E-state index in [-0.39, 0.29) is 11.7 Å². The molecule has 104 valence electrons. The standard InChI is InChI=1S/C14H14N2O4/c1-20-14(17)12(13-3-2-8-15-13)9-10-4-6-11(7-5-10)16(18)19/h2-8,12,15H,9H2,1H3. The van der Waals surface area contributed by atoms with Crippen LogP contribution in [-0.4, -0.2) is 23.0 Å². The van der Waals surface area contributed by atoms with Gasteiger partial charge < -0.3 is 9.72 Å². The van der Waals surface area contributed by atoms with E-state index < -0.39 is 10.8 Å². The average Bonchev–Trinajstić information content (AvgIpc) is 2.98. The number of nitro benzene ring substituents is 1. The highest BCUT2D eigenvalue weighted by Gasteiger charge is 2.22. The summed E-state index contributed by atoms with van der Waals surface area (Å²) in [5, 5.41) is 10.6. The van der Waals surface area contributed by atoms with Gasteiger partial charge >= 0.3 is 5.97 Å². The lowest BCUT2D eigenvalue weighted by Gasteiger charge is -2.13. The van der Waals surface area contributed by atoms with Gasteiger partial charge in [0.15, 0.2) is 0 Å². The number of nitrogens with one attached hydrogen (secondary N) is 1. The van der Waals surface area contributed by atoms with E-state index in [0.29, 0.717) is 6.42 Å². The first kappa shape index (κ1) is 13.8. The predicted molar refractivity (Wildman–Crippen MR) is 72.4 cm³/mol. The summed E-state index contributed by atoms with van der Waals surface area (Å²) in [7, 11) is 1.34. The van der Waals surface area contributed by atoms with Crippen molar-refractivity contribution in [2.24, 2.45) is 0 Å². The first-order valence-electron chi connectivity index (χ1n) is 6.06. The molecule has 20 heavy (non-hydrogen) atoms. The number of H-pyrrole nitrogens is 1. The van der Waals surface area contributed by atoms with E-state index in [0.717, 1.165) is 11.3 Å². The number of carbonyl (C=O) groups excluding carboxylic acids is 1. The van der Waals surface area contributed by atoms with Gasteiger partial charge in [-0.15, -0.1) is 0 Å². The molecule has 0 radical (unpaired) electrons. The van der Waals surface area contributed by atoms with E-state index in [2.05, 4.69) is 4.98 Å². The molecule has 0 amide bonds. The largest absolute Gasteiger partial charge is 0.468 e. The lowest BCUT2D eigenvalue weighted by molar-refractivity contribution is -0.384. The number of hydrogen-bond acceptors (Lipinski definition) is 4. The van der Waals surface area contributed by atoms with Crippen LogP contribution in [0.4, 0.5) is 5.69 Å². The molecule has 6 nitrogen and oxygen atoms in total. The molecule has 0 saturated heterocycles. The molecule has 1 aromatic heterocycles. The summed E-state index contributed by atoms with van der Waals surface area (Å²) in [6.07, 6.45) is 2.16. The molecular weight excluding hydrogens is 260 g/mol. The van der Waals surface area contributed by atoms with Crippen molar-refractivity contribution in [3.05, 3.63) is 64.0 Å². The number of aromatic amines is 1. The highest BCUT2D eigenvalue weighted by molar-refractivity contribution is 5.77. The molecular formula is C14H14N2O4. The van der Waals surface area contributed by atoms with Gasteiger partial charge in [0.05, 0.1) is 12.0 Å². The highest BCUT2D eigenvalue weighted by atomic mass is 16.6. The number of carbonyl (C=O) groups is 1. The van der Waals surface area contributed by atoms with Gasteiger partial charge in [0, 0.05) is 24.0 Å². The number of methoxy groups -OCH3 is 1. The molecule has 1 heterocycles. The van der Waals surface area contributed by atoms with Gasteiger partial charge in [0.2, 0.25) is 0 Å². The number of hydrogen-bond donors (Lipinski definition) is 1. The van der Waals surface area contributed by atoms with Crippen molar-refractivity contribution in [3.8, 4) is 0 Å². The van der Waals surface area contributed by atoms with Gasteiger partial charge in [-0.3, -0.25) is 14.9 Å². The maximum atomic E-state index is 11.8. The Morgan fingerprint density at radius 3 is 2.55 bits per heavy atom. The Morgan fingerprint density at radius 1 is 1.35 bits per heavy atom. The van der Waals surface area contributed by atoms with Crippen molar-refractivity contribution < 1.29 is 14.5 Å². The van der Waals surface area contributed by atoms with Gasteiger partial charge in [0.25, 0.3) is 5.69 Å². The van der Waals surface area contributed by atoms with Gasteiger partial charge in [-0.1, -0.05) is 12.1 Å². The first-order valence-corrected chi connectivity index (χ1v) is 6.06. The molecule has 0 fully saturated rings. The average molecular weight is 274 g/mol. The van der Waals surface area contributed by atoms with Crippen LogP contribution in [0.5, 0.6) is 0 Å². The summed E-state index contributed by atoms with van der Waals surface area (Å²) in [6.45, 7) is 0. The molecule has 0 spiro atoms. The number of aromatic nitrogens is 1. The Labute approximate surface area is 115 Å². The van der Waals surface area contributed by atoms with Gasteiger partial charge in [-0.05, 0) is 24.1 Å². The van der Waals surface area contributed by atoms with E-state index in [9.17, 15) is 14.9 Å². The molecule has 0 aliphatic heterocycles. The van der Waals surface area contributed by atoms with Crippen molar-refractivity contribution in [2.75, 3.05) is 7.11 Å². The number of benzene rings is 1. The number of non-ortho nitro benzene ring substituents is 1. The Morgan fingerprint density at radius 2 is 2.05 bits per heavy atom. The topological polar surface area (TPSA) is 85.2 Å². The van der Waals surface area contributed by atoms with Crippen molar-refractivity contribution in [2.45, 2.75) is 12.3 Å². The second-order valence-corrected chi connectivity index (χ2v) is 4.33. The van der Waals surface area contributed by atoms with Crippen molar-refractivity contribution in [1.29, 1.82) is 0 Å². The third kappa shape index (κ3) is 3.03. The highest BCUT2D eigenvalue weighted by Crippen LogP contribution is 2.22. The minimum atomic E-state index is -0.452. The Hall–Kier alpha value is -2.63. The molecule has 1 atom stereocenters. The van der Waals surface area contributed by atoms with E-state index in [1.165, 1.54) is 19.2 Å². The summed E-state index contributed by atoms with van der Waals surface area (Å²) >= 11 is 0. The molecule has 1 aromatic carbocycles. The van der Waals surface area contributed by atoms with E-state index in [1.54, 1.807) is 24.4 Å². The fourth-order valence-electron chi connectivity index (χ4n) is 2.01. The normalized spacial score (nSPS) is 11.8. The smallest absolute Gasteiger partial charge is 0.315 e. The third-order valence-corrected chi connectivity index (χ3v) is 3.07. The van der Waals surface area contributed by atoms with Crippen molar-refractivity contribution >= 4 is 11.7 Å². The van der Waals surface area contributed by atoms with Gasteiger partial charge in [-0.25, -0.2) is 0 Å². The summed E-state index contributed by atoms with van der Waals surface area (Å²) < 4.78 is 4.80. The van der Waals surface area contributed by atoms with Crippen LogP contribution in [0, 0.1) is 10.1 Å². The Kier molecular flexibility index (Phi) is 4.14. The van der Waals surface area contributed by atoms with E-state index in [4.69, 9.17) is 4.74 Å². The zero-order valence-corrected chi connectivity index (χ0v) is 10.9. The predicted octanol–water partition coefficient (Wildman–Crippen LogP) is 2.42. The number of esters is 1. The van der Waals surface area contributed by atoms with Crippen molar-refractivity contribution in [1.82, 2.24) is 4.98 Å². The Bertz CT molecular complexity index is 590. The molecule has 0 saturated carbocycles. The minimum absolute atomic E-state index is 0.0308. The molecule has 6 heteroatoms. The van der Waals surface area contributed by atoms with E-state index in [1.807, 2.05) is 6.07 Å². The molecule has 0 aliphatic rings. The second kappa shape index (κ2) is 6.01. The van der Waals surface area contributed by atoms with Crippen LogP contribution in [0.3, 0.4) is 0 Å². The molecule has 2 aromatic rings. The fourth-order valence-corrected chi connectivity index (χ4v) is 2.01. The zero-order chi connectivity index (χ0) is 14.5. The number of nitrogens with zero attached hydrogens (tertiary/aromatic N) is 1.